The number of hydrogen-bond acceptors (Lipinski definition) is 5. The van der Waals surface area contributed by atoms with Crippen molar-refractivity contribution in [3.05, 3.63) is 52.9 Å². The van der Waals surface area contributed by atoms with Gasteiger partial charge in [0.15, 0.2) is 0 Å². The second-order valence-electron chi connectivity index (χ2n) is 9.61. The van der Waals surface area contributed by atoms with E-state index in [0.29, 0.717) is 38.7 Å². The number of fused-ring (bicyclic) bond motifs is 1. The molecule has 1 aromatic heterocycles. The summed E-state index contributed by atoms with van der Waals surface area (Å²) in [6, 6.07) is 8.13. The van der Waals surface area contributed by atoms with Crippen molar-refractivity contribution in [2.75, 3.05) is 6.61 Å². The summed E-state index contributed by atoms with van der Waals surface area (Å²) in [5, 5.41) is 3.90. The van der Waals surface area contributed by atoms with Crippen molar-refractivity contribution in [3.63, 3.8) is 0 Å². The maximum absolute atomic E-state index is 14.1. The van der Waals surface area contributed by atoms with Crippen LogP contribution < -0.4 is 4.74 Å². The normalized spacial score (nSPS) is 15.5. The molecule has 0 amide bonds. The molecule has 0 N–H and O–H groups in total. The summed E-state index contributed by atoms with van der Waals surface area (Å²) >= 11 is 0. The van der Waals surface area contributed by atoms with Crippen LogP contribution in [0.5, 0.6) is 5.75 Å². The number of carbonyl (C=O) groups excluding carboxylic acids is 1. The number of esters is 1. The number of halogens is 1. The number of nitrogens with zero attached hydrogens (tertiary/aromatic N) is 1. The molecule has 1 aliphatic rings. The van der Waals surface area contributed by atoms with Crippen LogP contribution in [0.3, 0.4) is 0 Å². The van der Waals surface area contributed by atoms with E-state index in [1.807, 2.05) is 19.9 Å². The van der Waals surface area contributed by atoms with Crippen molar-refractivity contribution in [2.45, 2.75) is 103 Å². The smallest absolute Gasteiger partial charge is 0.306 e. The fraction of sp³-hybridized carbons (Fsp3) is 0.586. The first-order valence-electron chi connectivity index (χ1n) is 13.1. The molecule has 2 aromatic rings. The summed E-state index contributed by atoms with van der Waals surface area (Å²) in [7, 11) is 0. The number of aryl methyl sites for hydroxylation is 2. The lowest BCUT2D eigenvalue weighted by atomic mass is 9.90. The summed E-state index contributed by atoms with van der Waals surface area (Å²) in [4.78, 5) is 12.7. The first-order chi connectivity index (χ1) is 17.0. The Morgan fingerprint density at radius 1 is 1.17 bits per heavy atom. The number of ether oxygens (including phenoxy) is 2. The fourth-order valence-corrected chi connectivity index (χ4v) is 4.50. The molecular formula is C29H40FNO4. The highest BCUT2D eigenvalue weighted by atomic mass is 19.1. The fourth-order valence-electron chi connectivity index (χ4n) is 4.50. The number of aromatic nitrogens is 1. The summed E-state index contributed by atoms with van der Waals surface area (Å²) < 4.78 is 31.2. The van der Waals surface area contributed by atoms with Crippen molar-refractivity contribution in [1.29, 1.82) is 0 Å². The topological polar surface area (TPSA) is 61.6 Å². The summed E-state index contributed by atoms with van der Waals surface area (Å²) in [5.41, 5.74) is 3.00. The van der Waals surface area contributed by atoms with Gasteiger partial charge in [0.1, 0.15) is 23.8 Å². The molecule has 0 spiro atoms. The molecule has 6 heteroatoms. The number of alkyl halides is 1. The minimum absolute atomic E-state index is 0.0125. The predicted octanol–water partition coefficient (Wildman–Crippen LogP) is 7.52. The van der Waals surface area contributed by atoms with Gasteiger partial charge >= 0.3 is 5.97 Å². The Bertz CT molecular complexity index is 954. The molecule has 0 radical (unpaired) electrons. The van der Waals surface area contributed by atoms with Gasteiger partial charge in [-0.05, 0) is 63.5 Å². The van der Waals surface area contributed by atoms with E-state index in [4.69, 9.17) is 14.0 Å². The van der Waals surface area contributed by atoms with E-state index in [-0.39, 0.29) is 18.0 Å². The minimum Gasteiger partial charge on any atom is -0.493 e. The zero-order valence-electron chi connectivity index (χ0n) is 21.4. The quantitative estimate of drug-likeness (QED) is 0.205. The van der Waals surface area contributed by atoms with Gasteiger partial charge in [0.2, 0.25) is 0 Å². The van der Waals surface area contributed by atoms with E-state index >= 15 is 0 Å². The zero-order chi connectivity index (χ0) is 25.0. The van der Waals surface area contributed by atoms with Crippen molar-refractivity contribution < 1.29 is 23.2 Å². The number of carbonyl (C=O) groups is 1. The van der Waals surface area contributed by atoms with Gasteiger partial charge in [0.25, 0.3) is 0 Å². The highest BCUT2D eigenvalue weighted by Crippen LogP contribution is 2.32. The molecule has 1 aromatic carbocycles. The Kier molecular flexibility index (Phi) is 10.8. The Hall–Kier alpha value is -2.63. The number of benzene rings is 1. The predicted molar refractivity (Wildman–Crippen MR) is 136 cm³/mol. The first kappa shape index (κ1) is 27.0. The number of unbranched alkanes of at least 4 members (excludes halogenated alkanes) is 1. The molecule has 3 unspecified atom stereocenters. The van der Waals surface area contributed by atoms with Crippen LogP contribution >= 0.6 is 0 Å². The monoisotopic (exact) mass is 485 g/mol. The van der Waals surface area contributed by atoms with Crippen molar-refractivity contribution in [3.8, 4) is 5.75 Å². The molecule has 0 aliphatic carbocycles. The van der Waals surface area contributed by atoms with Crippen LogP contribution in [0.4, 0.5) is 4.39 Å². The highest BCUT2D eigenvalue weighted by Gasteiger charge is 2.24. The second kappa shape index (κ2) is 14.1. The van der Waals surface area contributed by atoms with Crippen LogP contribution in [0.15, 0.2) is 34.9 Å². The van der Waals surface area contributed by atoms with Crippen molar-refractivity contribution >= 4 is 12.0 Å². The lowest BCUT2D eigenvalue weighted by molar-refractivity contribution is -0.150. The molecule has 0 bridgehead atoms. The molecular weight excluding hydrogens is 445 g/mol. The van der Waals surface area contributed by atoms with E-state index < -0.39 is 6.17 Å². The Balaban J connectivity index is 1.58. The van der Waals surface area contributed by atoms with E-state index in [1.165, 1.54) is 0 Å². The van der Waals surface area contributed by atoms with Gasteiger partial charge in [0, 0.05) is 30.4 Å². The van der Waals surface area contributed by atoms with E-state index in [0.717, 1.165) is 60.4 Å². The average Bonchev–Trinajstić information content (AvgIpc) is 3.11. The summed E-state index contributed by atoms with van der Waals surface area (Å²) in [6.45, 7) is 6.63. The van der Waals surface area contributed by atoms with E-state index in [1.54, 1.807) is 0 Å². The molecule has 0 saturated carbocycles. The van der Waals surface area contributed by atoms with Gasteiger partial charge in [-0.1, -0.05) is 49.7 Å². The second-order valence-corrected chi connectivity index (χ2v) is 9.61. The van der Waals surface area contributed by atoms with Gasteiger partial charge in [-0.2, -0.15) is 0 Å². The molecule has 5 nitrogen and oxygen atoms in total. The third-order valence-electron chi connectivity index (χ3n) is 6.58. The molecule has 0 saturated heterocycles. The van der Waals surface area contributed by atoms with Crippen LogP contribution in [0.2, 0.25) is 0 Å². The molecule has 3 atom stereocenters. The Morgan fingerprint density at radius 2 is 2.03 bits per heavy atom. The van der Waals surface area contributed by atoms with E-state index in [2.05, 4.69) is 42.4 Å². The van der Waals surface area contributed by atoms with Crippen LogP contribution in [0, 0.1) is 6.92 Å². The third kappa shape index (κ3) is 8.83. The van der Waals surface area contributed by atoms with Gasteiger partial charge in [0.05, 0.1) is 12.3 Å². The molecule has 0 fully saturated rings. The van der Waals surface area contributed by atoms with Gasteiger partial charge in [-0.25, -0.2) is 4.39 Å². The van der Waals surface area contributed by atoms with Gasteiger partial charge in [-0.3, -0.25) is 4.79 Å². The summed E-state index contributed by atoms with van der Waals surface area (Å²) in [6.07, 6.45) is 9.94. The van der Waals surface area contributed by atoms with Crippen molar-refractivity contribution in [2.24, 2.45) is 0 Å². The van der Waals surface area contributed by atoms with Crippen LogP contribution in [0.1, 0.15) is 100 Å². The lowest BCUT2D eigenvalue weighted by Crippen LogP contribution is -2.24. The maximum atomic E-state index is 14.1. The molecule has 2 heterocycles. The van der Waals surface area contributed by atoms with Crippen molar-refractivity contribution in [1.82, 2.24) is 5.16 Å². The van der Waals surface area contributed by atoms with Crippen LogP contribution in [-0.4, -0.2) is 30.0 Å². The standard InChI is InChI=1S/C29H40FNO4/c1-4-10-25(30)12-9-14-27(34-29(32)15-6-5-13-26-19-21(2)31-35-26)22(3)24-17-16-23-11-7-8-18-33-28(23)20-24/h7,11,16-17,19-20,22,25,27H,4-6,8-10,12-15,18H2,1-3H3. The summed E-state index contributed by atoms with van der Waals surface area (Å²) in [5.74, 6) is 1.49. The zero-order valence-corrected chi connectivity index (χ0v) is 21.4. The Morgan fingerprint density at radius 3 is 2.80 bits per heavy atom. The molecule has 3 rings (SSSR count). The largest absolute Gasteiger partial charge is 0.493 e. The third-order valence-corrected chi connectivity index (χ3v) is 6.58. The lowest BCUT2D eigenvalue weighted by Gasteiger charge is -2.26. The SMILES string of the molecule is CCCC(F)CCCC(OC(=O)CCCCc1cc(C)no1)C(C)c1ccc2c(c1)OCCC=C2. The minimum atomic E-state index is -0.793. The molecule has 35 heavy (non-hydrogen) atoms. The molecule has 1 aliphatic heterocycles. The maximum Gasteiger partial charge on any atom is 0.306 e. The van der Waals surface area contributed by atoms with Gasteiger partial charge < -0.3 is 14.0 Å². The number of hydrogen-bond donors (Lipinski definition) is 0. The Labute approximate surface area is 209 Å². The highest BCUT2D eigenvalue weighted by molar-refractivity contribution is 5.69. The van der Waals surface area contributed by atoms with E-state index in [9.17, 15) is 9.18 Å². The number of rotatable bonds is 14. The molecule has 192 valence electrons. The average molecular weight is 486 g/mol. The van der Waals surface area contributed by atoms with Crippen LogP contribution in [-0.2, 0) is 16.0 Å². The van der Waals surface area contributed by atoms with Crippen LogP contribution in [0.25, 0.3) is 6.08 Å². The first-order valence-corrected chi connectivity index (χ1v) is 13.1. The van der Waals surface area contributed by atoms with Gasteiger partial charge in [-0.15, -0.1) is 0 Å².